The number of carbonyl (C=O) groups is 2. The third kappa shape index (κ3) is 3.95. The second-order valence-electron chi connectivity index (χ2n) is 5.20. The molecule has 1 aromatic rings. The number of amides is 2. The summed E-state index contributed by atoms with van der Waals surface area (Å²) in [5.41, 5.74) is 0.572. The normalized spacial score (nSPS) is 18.9. The van der Waals surface area contributed by atoms with E-state index >= 15 is 0 Å². The molecule has 6 heteroatoms. The van der Waals surface area contributed by atoms with Crippen LogP contribution < -0.4 is 5.32 Å². The molecule has 1 saturated heterocycles. The largest absolute Gasteiger partial charge is 0.478 e. The Morgan fingerprint density at radius 3 is 2.81 bits per heavy atom. The van der Waals surface area contributed by atoms with Gasteiger partial charge < -0.3 is 20.4 Å². The van der Waals surface area contributed by atoms with E-state index in [2.05, 4.69) is 5.32 Å². The van der Waals surface area contributed by atoms with Gasteiger partial charge in [-0.25, -0.2) is 9.59 Å². The van der Waals surface area contributed by atoms with Crippen LogP contribution in [0.3, 0.4) is 0 Å². The van der Waals surface area contributed by atoms with E-state index in [-0.39, 0.29) is 24.2 Å². The number of carboxylic acid groups (broad SMARTS) is 1. The number of rotatable bonds is 3. The molecule has 0 aromatic heterocycles. The van der Waals surface area contributed by atoms with Crippen molar-refractivity contribution in [3.8, 4) is 0 Å². The maximum absolute atomic E-state index is 12.3. The van der Waals surface area contributed by atoms with Crippen molar-refractivity contribution in [2.45, 2.75) is 31.7 Å². The number of hydrogen-bond acceptors (Lipinski definition) is 3. The predicted molar refractivity (Wildman–Crippen MR) is 78.5 cm³/mol. The van der Waals surface area contributed by atoms with Crippen LogP contribution in [0.4, 0.5) is 10.5 Å². The van der Waals surface area contributed by atoms with E-state index in [1.807, 2.05) is 0 Å². The summed E-state index contributed by atoms with van der Waals surface area (Å²) in [6, 6.07) is 5.67. The minimum atomic E-state index is -1.03. The smallest absolute Gasteiger partial charge is 0.335 e. The highest BCUT2D eigenvalue weighted by Gasteiger charge is 2.24. The Labute approximate surface area is 123 Å². The van der Waals surface area contributed by atoms with Crippen molar-refractivity contribution < 1.29 is 19.8 Å². The van der Waals surface area contributed by atoms with Gasteiger partial charge in [-0.3, -0.25) is 0 Å². The average Bonchev–Trinajstić information content (AvgIpc) is 2.72. The van der Waals surface area contributed by atoms with Crippen LogP contribution in [0.1, 0.15) is 36.0 Å². The molecule has 1 aromatic carbocycles. The van der Waals surface area contributed by atoms with Gasteiger partial charge in [0.15, 0.2) is 0 Å². The van der Waals surface area contributed by atoms with Crippen LogP contribution in [-0.2, 0) is 0 Å². The number of nitrogens with one attached hydrogen (secondary N) is 1. The molecule has 21 heavy (non-hydrogen) atoms. The molecule has 0 radical (unpaired) electrons. The van der Waals surface area contributed by atoms with Gasteiger partial charge in [-0.1, -0.05) is 18.9 Å². The second kappa shape index (κ2) is 7.08. The van der Waals surface area contributed by atoms with Crippen molar-refractivity contribution >= 4 is 17.7 Å². The number of aromatic carboxylic acids is 1. The summed E-state index contributed by atoms with van der Waals surface area (Å²) in [4.78, 5) is 24.9. The topological polar surface area (TPSA) is 89.9 Å². The zero-order chi connectivity index (χ0) is 15.2. The number of likely N-dealkylation sites (tertiary alicyclic amines) is 1. The number of carboxylic acids is 1. The van der Waals surface area contributed by atoms with Crippen molar-refractivity contribution in [1.82, 2.24) is 4.90 Å². The van der Waals surface area contributed by atoms with Crippen molar-refractivity contribution in [3.63, 3.8) is 0 Å². The zero-order valence-corrected chi connectivity index (χ0v) is 11.8. The molecule has 1 atom stereocenters. The molecular formula is C15H20N2O4. The molecule has 1 heterocycles. The van der Waals surface area contributed by atoms with Gasteiger partial charge in [0.05, 0.1) is 18.2 Å². The summed E-state index contributed by atoms with van der Waals surface area (Å²) in [6.45, 7) is 0.554. The van der Waals surface area contributed by atoms with Gasteiger partial charge in [-0.15, -0.1) is 0 Å². The van der Waals surface area contributed by atoms with Gasteiger partial charge in [-0.2, -0.15) is 0 Å². The number of benzene rings is 1. The van der Waals surface area contributed by atoms with E-state index < -0.39 is 5.97 Å². The highest BCUT2D eigenvalue weighted by Crippen LogP contribution is 2.18. The quantitative estimate of drug-likeness (QED) is 0.796. The molecule has 1 unspecified atom stereocenters. The number of anilines is 1. The first kappa shape index (κ1) is 15.3. The Morgan fingerprint density at radius 1 is 1.29 bits per heavy atom. The Balaban J connectivity index is 2.08. The number of hydrogen-bond donors (Lipinski definition) is 3. The van der Waals surface area contributed by atoms with E-state index in [1.54, 1.807) is 17.0 Å². The van der Waals surface area contributed by atoms with Crippen molar-refractivity contribution in [3.05, 3.63) is 29.8 Å². The fourth-order valence-corrected chi connectivity index (χ4v) is 2.56. The molecule has 2 rings (SSSR count). The molecule has 114 valence electrons. The first-order valence-corrected chi connectivity index (χ1v) is 7.13. The van der Waals surface area contributed by atoms with E-state index in [4.69, 9.17) is 5.11 Å². The van der Waals surface area contributed by atoms with Gasteiger partial charge in [0.2, 0.25) is 0 Å². The van der Waals surface area contributed by atoms with Gasteiger partial charge in [0, 0.05) is 12.2 Å². The van der Waals surface area contributed by atoms with E-state index in [0.29, 0.717) is 12.2 Å². The Morgan fingerprint density at radius 2 is 2.10 bits per heavy atom. The summed E-state index contributed by atoms with van der Waals surface area (Å²) in [6.07, 6.45) is 3.76. The Bertz CT molecular complexity index is 518. The lowest BCUT2D eigenvalue weighted by molar-refractivity contribution is 0.0697. The lowest BCUT2D eigenvalue weighted by Crippen LogP contribution is -2.44. The monoisotopic (exact) mass is 292 g/mol. The van der Waals surface area contributed by atoms with Gasteiger partial charge in [0.25, 0.3) is 0 Å². The van der Waals surface area contributed by atoms with Gasteiger partial charge in [0.1, 0.15) is 0 Å². The van der Waals surface area contributed by atoms with Crippen LogP contribution in [0.2, 0.25) is 0 Å². The number of nitrogens with zero attached hydrogens (tertiary/aromatic N) is 1. The number of carbonyl (C=O) groups excluding carboxylic acids is 1. The lowest BCUT2D eigenvalue weighted by atomic mass is 10.1. The molecular weight excluding hydrogens is 272 g/mol. The minimum absolute atomic E-state index is 0.0530. The molecule has 1 fully saturated rings. The molecule has 0 bridgehead atoms. The average molecular weight is 292 g/mol. The summed E-state index contributed by atoms with van der Waals surface area (Å²) in [5.74, 6) is -1.03. The first-order valence-electron chi connectivity index (χ1n) is 7.13. The molecule has 0 aliphatic carbocycles. The Hall–Kier alpha value is -2.08. The van der Waals surface area contributed by atoms with Crippen LogP contribution in [0.25, 0.3) is 0 Å². The predicted octanol–water partition coefficient (Wildman–Crippen LogP) is 2.15. The van der Waals surface area contributed by atoms with Crippen LogP contribution in [0, 0.1) is 0 Å². The number of aliphatic hydroxyl groups excluding tert-OH is 1. The lowest BCUT2D eigenvalue weighted by Gasteiger charge is -2.28. The van der Waals surface area contributed by atoms with Crippen LogP contribution in [0.15, 0.2) is 24.3 Å². The highest BCUT2D eigenvalue weighted by atomic mass is 16.4. The van der Waals surface area contributed by atoms with E-state index in [0.717, 1.165) is 25.7 Å². The van der Waals surface area contributed by atoms with Gasteiger partial charge in [-0.05, 0) is 31.0 Å². The third-order valence-corrected chi connectivity index (χ3v) is 3.71. The number of urea groups is 1. The van der Waals surface area contributed by atoms with Crippen LogP contribution in [-0.4, -0.2) is 46.3 Å². The molecule has 6 nitrogen and oxygen atoms in total. The first-order chi connectivity index (χ1) is 10.1. The minimum Gasteiger partial charge on any atom is -0.478 e. The fourth-order valence-electron chi connectivity index (χ4n) is 2.56. The zero-order valence-electron chi connectivity index (χ0n) is 11.8. The molecule has 3 N–H and O–H groups in total. The second-order valence-corrected chi connectivity index (χ2v) is 5.20. The maximum Gasteiger partial charge on any atom is 0.335 e. The summed E-state index contributed by atoms with van der Waals surface area (Å²) < 4.78 is 0. The molecule has 0 saturated carbocycles. The summed E-state index contributed by atoms with van der Waals surface area (Å²) >= 11 is 0. The standard InChI is InChI=1S/C15H20N2O4/c18-10-13-7-2-1-3-8-17(13)15(21)16-12-6-4-5-11(9-12)14(19)20/h4-6,9,13,18H,1-3,7-8,10H2,(H,16,21)(H,19,20). The van der Waals surface area contributed by atoms with Crippen LogP contribution in [0.5, 0.6) is 0 Å². The maximum atomic E-state index is 12.3. The number of aliphatic hydroxyl groups is 1. The fraction of sp³-hybridized carbons (Fsp3) is 0.467. The van der Waals surface area contributed by atoms with Crippen molar-refractivity contribution in [2.24, 2.45) is 0 Å². The Kier molecular flexibility index (Phi) is 5.16. The molecule has 0 spiro atoms. The highest BCUT2D eigenvalue weighted by molar-refractivity contribution is 5.93. The van der Waals surface area contributed by atoms with Gasteiger partial charge >= 0.3 is 12.0 Å². The van der Waals surface area contributed by atoms with E-state index in [9.17, 15) is 14.7 Å². The van der Waals surface area contributed by atoms with Crippen LogP contribution >= 0.6 is 0 Å². The van der Waals surface area contributed by atoms with Crippen molar-refractivity contribution in [2.75, 3.05) is 18.5 Å². The third-order valence-electron chi connectivity index (χ3n) is 3.71. The summed E-state index contributed by atoms with van der Waals surface area (Å²) in [5, 5.41) is 21.1. The SMILES string of the molecule is O=C(O)c1cccc(NC(=O)N2CCCCCC2CO)c1. The molecule has 1 aliphatic rings. The summed E-state index contributed by atoms with van der Waals surface area (Å²) in [7, 11) is 0. The molecule has 1 aliphatic heterocycles. The van der Waals surface area contributed by atoms with E-state index in [1.165, 1.54) is 12.1 Å². The molecule has 2 amide bonds. The van der Waals surface area contributed by atoms with Crippen molar-refractivity contribution in [1.29, 1.82) is 0 Å².